The van der Waals surface area contributed by atoms with Crippen LogP contribution in [0.1, 0.15) is 60.9 Å². The van der Waals surface area contributed by atoms with E-state index in [-0.39, 0.29) is 6.61 Å². The van der Waals surface area contributed by atoms with Crippen LogP contribution in [0.25, 0.3) is 0 Å². The Balaban J connectivity index is 1.19. The van der Waals surface area contributed by atoms with Crippen LogP contribution in [-0.2, 0) is 29.0 Å². The Kier molecular flexibility index (Phi) is 9.33. The van der Waals surface area contributed by atoms with E-state index in [0.29, 0.717) is 30.1 Å². The highest BCUT2D eigenvalue weighted by atomic mass is 16.5. The average molecular weight is 506 g/mol. The minimum Gasteiger partial charge on any atom is -0.480 e. The number of carboxylic acid groups (broad SMARTS) is 1. The fourth-order valence-corrected chi connectivity index (χ4v) is 4.66. The van der Waals surface area contributed by atoms with Crippen molar-refractivity contribution in [3.8, 4) is 6.07 Å². The highest BCUT2D eigenvalue weighted by Crippen LogP contribution is 2.27. The lowest BCUT2D eigenvalue weighted by Crippen LogP contribution is -2.43. The molecule has 9 nitrogen and oxygen atoms in total. The van der Waals surface area contributed by atoms with Crippen molar-refractivity contribution in [2.24, 2.45) is 0 Å². The summed E-state index contributed by atoms with van der Waals surface area (Å²) in [5.74, 6) is -0.0453. The number of fused-ring (bicyclic) bond motifs is 1. The third-order valence-electron chi connectivity index (χ3n) is 6.86. The molecule has 0 spiro atoms. The second-order valence-electron chi connectivity index (χ2n) is 9.78. The summed E-state index contributed by atoms with van der Waals surface area (Å²) in [6.07, 6.45) is 7.00. The van der Waals surface area contributed by atoms with Crippen molar-refractivity contribution in [2.45, 2.75) is 70.1 Å². The number of nitrogens with one attached hydrogen (secondary N) is 2. The Morgan fingerprint density at radius 1 is 1.24 bits per heavy atom. The van der Waals surface area contributed by atoms with Gasteiger partial charge in [0.15, 0.2) is 0 Å². The van der Waals surface area contributed by atoms with Crippen LogP contribution in [0.3, 0.4) is 0 Å². The molecule has 4 rings (SSSR count). The van der Waals surface area contributed by atoms with E-state index in [4.69, 9.17) is 15.0 Å². The number of carboxylic acids is 1. The van der Waals surface area contributed by atoms with E-state index < -0.39 is 18.1 Å². The summed E-state index contributed by atoms with van der Waals surface area (Å²) in [7, 11) is 0. The molecule has 196 valence electrons. The van der Waals surface area contributed by atoms with Crippen LogP contribution >= 0.6 is 0 Å². The van der Waals surface area contributed by atoms with Gasteiger partial charge in [-0.05, 0) is 87.2 Å². The zero-order valence-corrected chi connectivity index (χ0v) is 21.1. The van der Waals surface area contributed by atoms with Gasteiger partial charge >= 0.3 is 12.1 Å². The van der Waals surface area contributed by atoms with Crippen LogP contribution in [0.4, 0.5) is 10.6 Å². The van der Waals surface area contributed by atoms with Crippen molar-refractivity contribution in [3.05, 3.63) is 58.8 Å². The van der Waals surface area contributed by atoms with Crippen LogP contribution in [0.15, 0.2) is 36.4 Å². The van der Waals surface area contributed by atoms with Crippen LogP contribution in [-0.4, -0.2) is 58.8 Å². The largest absolute Gasteiger partial charge is 0.480 e. The zero-order valence-electron chi connectivity index (χ0n) is 21.1. The number of hydrogen-bond acceptors (Lipinski definition) is 7. The molecule has 1 aromatic heterocycles. The second kappa shape index (κ2) is 13.1. The number of nitriles is 1. The molecule has 1 aliphatic heterocycles. The first-order valence-electron chi connectivity index (χ1n) is 13.1. The quantitative estimate of drug-likeness (QED) is 0.350. The number of alkyl carbamates (subject to hydrolysis) is 1. The number of rotatable bonds is 13. The summed E-state index contributed by atoms with van der Waals surface area (Å²) < 4.78 is 5.18. The highest BCUT2D eigenvalue weighted by Gasteiger charge is 2.30. The molecule has 1 unspecified atom stereocenters. The standard InChI is InChI=1S/C28H35N5O4/c29-18-20-5-3-6-21(17-20)19-37-28(36)32-25(27(34)35)13-16-33(24-11-12-24)15-2-1-8-23-10-9-22-7-4-14-30-26(22)31-23/h3,5-6,9-10,17,24-25H,1-2,4,7-8,11-16,19H2,(H,30,31)(H,32,36)(H,34,35). The summed E-state index contributed by atoms with van der Waals surface area (Å²) in [6, 6.07) is 12.6. The summed E-state index contributed by atoms with van der Waals surface area (Å²) >= 11 is 0. The molecule has 0 radical (unpaired) electrons. The molecule has 2 aliphatic rings. The normalized spacial score (nSPS) is 15.2. The molecule has 0 bridgehead atoms. The lowest BCUT2D eigenvalue weighted by atomic mass is 10.1. The maximum absolute atomic E-state index is 12.2. The lowest BCUT2D eigenvalue weighted by molar-refractivity contribution is -0.139. The predicted molar refractivity (Wildman–Crippen MR) is 139 cm³/mol. The number of aryl methyl sites for hydroxylation is 2. The number of aliphatic carboxylic acids is 1. The minimum atomic E-state index is -1.08. The van der Waals surface area contributed by atoms with Crippen molar-refractivity contribution in [2.75, 3.05) is 25.0 Å². The molecule has 1 aromatic carbocycles. The molecule has 1 saturated carbocycles. The van der Waals surface area contributed by atoms with Gasteiger partial charge in [0.05, 0.1) is 11.6 Å². The molecule has 9 heteroatoms. The Morgan fingerprint density at radius 2 is 2.11 bits per heavy atom. The molecule has 3 N–H and O–H groups in total. The number of anilines is 1. The van der Waals surface area contributed by atoms with Gasteiger partial charge < -0.3 is 25.4 Å². The second-order valence-corrected chi connectivity index (χ2v) is 9.78. The summed E-state index contributed by atoms with van der Waals surface area (Å²) in [5, 5.41) is 24.5. The number of amides is 1. The number of ether oxygens (including phenoxy) is 1. The van der Waals surface area contributed by atoms with E-state index in [1.165, 1.54) is 5.56 Å². The van der Waals surface area contributed by atoms with Gasteiger partial charge in [-0.2, -0.15) is 5.26 Å². The fourth-order valence-electron chi connectivity index (χ4n) is 4.66. The Morgan fingerprint density at radius 3 is 2.89 bits per heavy atom. The van der Waals surface area contributed by atoms with Crippen LogP contribution in [0.2, 0.25) is 0 Å². The number of hydrogen-bond donors (Lipinski definition) is 3. The molecular formula is C28H35N5O4. The Bertz CT molecular complexity index is 1130. The maximum atomic E-state index is 12.2. The minimum absolute atomic E-state index is 0.0307. The van der Waals surface area contributed by atoms with E-state index in [2.05, 4.69) is 27.7 Å². The highest BCUT2D eigenvalue weighted by molar-refractivity contribution is 5.79. The van der Waals surface area contributed by atoms with E-state index >= 15 is 0 Å². The van der Waals surface area contributed by atoms with E-state index in [9.17, 15) is 14.7 Å². The molecule has 1 atom stereocenters. The zero-order chi connectivity index (χ0) is 26.0. The molecular weight excluding hydrogens is 470 g/mol. The van der Waals surface area contributed by atoms with Gasteiger partial charge in [0.2, 0.25) is 0 Å². The fraction of sp³-hybridized carbons (Fsp3) is 0.500. The van der Waals surface area contributed by atoms with E-state index in [1.54, 1.807) is 24.3 Å². The Labute approximate surface area is 217 Å². The van der Waals surface area contributed by atoms with Crippen molar-refractivity contribution in [1.82, 2.24) is 15.2 Å². The number of carbonyl (C=O) groups is 2. The predicted octanol–water partition coefficient (Wildman–Crippen LogP) is 3.87. The molecule has 0 saturated heterocycles. The van der Waals surface area contributed by atoms with Gasteiger partial charge in [0, 0.05) is 24.8 Å². The number of carbonyl (C=O) groups excluding carboxylic acids is 1. The van der Waals surface area contributed by atoms with Crippen LogP contribution < -0.4 is 10.6 Å². The van der Waals surface area contributed by atoms with Crippen molar-refractivity contribution < 1.29 is 19.4 Å². The molecule has 37 heavy (non-hydrogen) atoms. The van der Waals surface area contributed by atoms with Gasteiger partial charge in [-0.25, -0.2) is 14.6 Å². The topological polar surface area (TPSA) is 128 Å². The van der Waals surface area contributed by atoms with Gasteiger partial charge in [0.1, 0.15) is 18.5 Å². The van der Waals surface area contributed by atoms with E-state index in [1.807, 2.05) is 6.07 Å². The number of unbranched alkanes of at least 4 members (excludes halogenated alkanes) is 1. The maximum Gasteiger partial charge on any atom is 0.408 e. The third kappa shape index (κ3) is 8.19. The number of pyridine rings is 1. The van der Waals surface area contributed by atoms with Gasteiger partial charge in [-0.3, -0.25) is 0 Å². The third-order valence-corrected chi connectivity index (χ3v) is 6.86. The van der Waals surface area contributed by atoms with Gasteiger partial charge in [-0.1, -0.05) is 18.2 Å². The molecule has 2 aromatic rings. The molecule has 1 fully saturated rings. The molecule has 1 aliphatic carbocycles. The summed E-state index contributed by atoms with van der Waals surface area (Å²) in [5.41, 5.74) is 3.55. The van der Waals surface area contributed by atoms with Gasteiger partial charge in [-0.15, -0.1) is 0 Å². The van der Waals surface area contributed by atoms with Crippen LogP contribution in [0, 0.1) is 11.3 Å². The van der Waals surface area contributed by atoms with Crippen LogP contribution in [0.5, 0.6) is 0 Å². The SMILES string of the molecule is N#Cc1cccc(COC(=O)NC(CCN(CCCCc2ccc3c(n2)NCCC3)C2CC2)C(=O)O)c1. The summed E-state index contributed by atoms with van der Waals surface area (Å²) in [6.45, 7) is 2.46. The first kappa shape index (κ1) is 26.4. The van der Waals surface area contributed by atoms with Crippen molar-refractivity contribution in [3.63, 3.8) is 0 Å². The summed E-state index contributed by atoms with van der Waals surface area (Å²) in [4.78, 5) is 31.1. The lowest BCUT2D eigenvalue weighted by Gasteiger charge is -2.24. The number of aromatic nitrogens is 1. The van der Waals surface area contributed by atoms with Crippen molar-refractivity contribution >= 4 is 17.9 Å². The van der Waals surface area contributed by atoms with Gasteiger partial charge in [0.25, 0.3) is 0 Å². The number of nitrogens with zero attached hydrogens (tertiary/aromatic N) is 3. The monoisotopic (exact) mass is 505 g/mol. The smallest absolute Gasteiger partial charge is 0.408 e. The van der Waals surface area contributed by atoms with E-state index in [0.717, 1.165) is 69.5 Å². The molecule has 1 amide bonds. The molecule has 2 heterocycles. The average Bonchev–Trinajstić information content (AvgIpc) is 3.76. The number of benzene rings is 1. The first-order valence-corrected chi connectivity index (χ1v) is 13.1. The Hall–Kier alpha value is -3.64. The van der Waals surface area contributed by atoms with Crippen molar-refractivity contribution in [1.29, 1.82) is 5.26 Å². The first-order chi connectivity index (χ1) is 18.0.